The Morgan fingerprint density at radius 2 is 1.61 bits per heavy atom. The molecule has 0 aromatic heterocycles. The number of alkyl carbamates (subject to hydrolysis) is 1. The number of anilines is 1. The van der Waals surface area contributed by atoms with E-state index in [0.29, 0.717) is 5.69 Å². The first-order valence-electron chi connectivity index (χ1n) is 9.35. The van der Waals surface area contributed by atoms with E-state index >= 15 is 0 Å². The van der Waals surface area contributed by atoms with Crippen molar-refractivity contribution in [3.05, 3.63) is 29.8 Å². The molecule has 0 bridgehead atoms. The lowest BCUT2D eigenvalue weighted by Gasteiger charge is -2.23. The first kappa shape index (κ1) is 23.5. The number of carbonyl (C=O) groups is 3. The minimum atomic E-state index is -0.876. The maximum absolute atomic E-state index is 12.3. The van der Waals surface area contributed by atoms with Gasteiger partial charge in [0, 0.05) is 17.5 Å². The molecule has 2 N–H and O–H groups in total. The first-order chi connectivity index (χ1) is 12.9. The second-order valence-electron chi connectivity index (χ2n) is 8.31. The number of carbonyl (C=O) groups excluding carboxylic acids is 3. The van der Waals surface area contributed by atoms with Crippen molar-refractivity contribution < 1.29 is 23.9 Å². The molecule has 0 radical (unpaired) electrons. The molecule has 0 aliphatic heterocycles. The van der Waals surface area contributed by atoms with E-state index in [0.717, 1.165) is 12.0 Å². The van der Waals surface area contributed by atoms with Gasteiger partial charge in [-0.3, -0.25) is 4.79 Å². The molecule has 7 heteroatoms. The Labute approximate surface area is 167 Å². The molecular formula is C21H32N2O5. The van der Waals surface area contributed by atoms with Crippen LogP contribution >= 0.6 is 0 Å². The van der Waals surface area contributed by atoms with Gasteiger partial charge in [0.25, 0.3) is 0 Å². The van der Waals surface area contributed by atoms with Crippen LogP contribution in [0.2, 0.25) is 0 Å². The zero-order chi connectivity index (χ0) is 21.5. The van der Waals surface area contributed by atoms with Crippen LogP contribution in [-0.4, -0.2) is 36.7 Å². The van der Waals surface area contributed by atoms with Crippen molar-refractivity contribution in [2.75, 3.05) is 12.4 Å². The van der Waals surface area contributed by atoms with Crippen LogP contribution in [0.15, 0.2) is 24.3 Å². The summed E-state index contributed by atoms with van der Waals surface area (Å²) >= 11 is 0. The largest absolute Gasteiger partial charge is 0.467 e. The van der Waals surface area contributed by atoms with Gasteiger partial charge in [0.15, 0.2) is 0 Å². The fourth-order valence-electron chi connectivity index (χ4n) is 2.21. The Morgan fingerprint density at radius 3 is 2.07 bits per heavy atom. The van der Waals surface area contributed by atoms with E-state index in [4.69, 9.17) is 9.47 Å². The van der Waals surface area contributed by atoms with Crippen molar-refractivity contribution in [1.29, 1.82) is 0 Å². The lowest BCUT2D eigenvalue weighted by molar-refractivity contribution is -0.143. The van der Waals surface area contributed by atoms with Crippen LogP contribution in [0, 0.1) is 5.41 Å². The number of benzene rings is 1. The Hall–Kier alpha value is -2.57. The highest BCUT2D eigenvalue weighted by Gasteiger charge is 2.26. The summed E-state index contributed by atoms with van der Waals surface area (Å²) in [6.07, 6.45) is 0.280. The maximum Gasteiger partial charge on any atom is 0.408 e. The minimum absolute atomic E-state index is 0.0539. The van der Waals surface area contributed by atoms with E-state index in [1.807, 2.05) is 20.8 Å². The number of hydrogen-bond acceptors (Lipinski definition) is 5. The average molecular weight is 392 g/mol. The zero-order valence-corrected chi connectivity index (χ0v) is 17.8. The quantitative estimate of drug-likeness (QED) is 0.691. The van der Waals surface area contributed by atoms with Crippen molar-refractivity contribution in [3.8, 4) is 0 Å². The molecule has 28 heavy (non-hydrogen) atoms. The van der Waals surface area contributed by atoms with Crippen molar-refractivity contribution in [1.82, 2.24) is 5.32 Å². The Kier molecular flexibility index (Phi) is 8.02. The summed E-state index contributed by atoms with van der Waals surface area (Å²) in [6.45, 7) is 11.0. The minimum Gasteiger partial charge on any atom is -0.467 e. The molecule has 0 fully saturated rings. The Balaban J connectivity index is 2.80. The molecule has 0 unspecified atom stereocenters. The van der Waals surface area contributed by atoms with Crippen molar-refractivity contribution in [3.63, 3.8) is 0 Å². The standard InChI is InChI=1S/C21H32N2O5/c1-8-21(5,6)18(25)22-15-11-9-14(10-12-15)13-16(17(24)27-7)23-19(26)28-20(2,3)4/h9-12,16H,8,13H2,1-7H3,(H,22,25)(H,23,26)/t16-/m0/s1. The van der Waals surface area contributed by atoms with Gasteiger partial charge in [-0.05, 0) is 44.9 Å². The zero-order valence-electron chi connectivity index (χ0n) is 17.8. The third-order valence-corrected chi connectivity index (χ3v) is 4.33. The molecular weight excluding hydrogens is 360 g/mol. The van der Waals surface area contributed by atoms with Crippen LogP contribution in [0.3, 0.4) is 0 Å². The highest BCUT2D eigenvalue weighted by atomic mass is 16.6. The fourth-order valence-corrected chi connectivity index (χ4v) is 2.21. The molecule has 1 aromatic rings. The van der Waals surface area contributed by atoms with Crippen molar-refractivity contribution in [2.45, 2.75) is 66.0 Å². The molecule has 1 aromatic carbocycles. The van der Waals surface area contributed by atoms with Gasteiger partial charge in [-0.25, -0.2) is 9.59 Å². The predicted molar refractivity (Wildman–Crippen MR) is 108 cm³/mol. The summed E-state index contributed by atoms with van der Waals surface area (Å²) in [5.74, 6) is -0.616. The molecule has 7 nitrogen and oxygen atoms in total. The van der Waals surface area contributed by atoms with Gasteiger partial charge < -0.3 is 20.1 Å². The second kappa shape index (κ2) is 9.57. The van der Waals surface area contributed by atoms with Crippen LogP contribution in [0.1, 0.15) is 53.5 Å². The van der Waals surface area contributed by atoms with E-state index in [9.17, 15) is 14.4 Å². The monoisotopic (exact) mass is 392 g/mol. The van der Waals surface area contributed by atoms with Crippen LogP contribution in [-0.2, 0) is 25.5 Å². The topological polar surface area (TPSA) is 93.7 Å². The van der Waals surface area contributed by atoms with Crippen LogP contribution in [0.25, 0.3) is 0 Å². The summed E-state index contributed by atoms with van der Waals surface area (Å²) in [5, 5.41) is 5.43. The molecule has 0 saturated carbocycles. The third kappa shape index (κ3) is 7.58. The van der Waals surface area contributed by atoms with Crippen molar-refractivity contribution in [2.24, 2.45) is 5.41 Å². The van der Waals surface area contributed by atoms with Crippen LogP contribution in [0.5, 0.6) is 0 Å². The number of methoxy groups -OCH3 is 1. The highest BCUT2D eigenvalue weighted by Crippen LogP contribution is 2.22. The summed E-state index contributed by atoms with van der Waals surface area (Å²) in [7, 11) is 1.26. The van der Waals surface area contributed by atoms with E-state index in [1.54, 1.807) is 45.0 Å². The van der Waals surface area contributed by atoms with Crippen LogP contribution < -0.4 is 10.6 Å². The van der Waals surface area contributed by atoms with Gasteiger partial charge in [0.05, 0.1) is 7.11 Å². The lowest BCUT2D eigenvalue weighted by atomic mass is 9.89. The number of esters is 1. The normalized spacial score (nSPS) is 12.7. The van der Waals surface area contributed by atoms with Crippen molar-refractivity contribution >= 4 is 23.7 Å². The third-order valence-electron chi connectivity index (χ3n) is 4.33. The summed E-state index contributed by atoms with van der Waals surface area (Å²) < 4.78 is 9.98. The van der Waals surface area contributed by atoms with Gasteiger partial charge in [0.2, 0.25) is 5.91 Å². The smallest absolute Gasteiger partial charge is 0.408 e. The van der Waals surface area contributed by atoms with Gasteiger partial charge in [0.1, 0.15) is 11.6 Å². The lowest BCUT2D eigenvalue weighted by Crippen LogP contribution is -2.45. The molecule has 2 amide bonds. The van der Waals surface area contributed by atoms with Gasteiger partial charge in [-0.1, -0.05) is 32.9 Å². The number of amides is 2. The molecule has 1 rings (SSSR count). The van der Waals surface area contributed by atoms with E-state index < -0.39 is 29.1 Å². The second-order valence-corrected chi connectivity index (χ2v) is 8.31. The van der Waals surface area contributed by atoms with Crippen LogP contribution in [0.4, 0.5) is 10.5 Å². The molecule has 0 aliphatic carbocycles. The SMILES string of the molecule is CCC(C)(C)C(=O)Nc1ccc(C[C@H](NC(=O)OC(C)(C)C)C(=O)OC)cc1. The average Bonchev–Trinajstić information content (AvgIpc) is 2.60. The number of rotatable bonds is 7. The molecule has 0 heterocycles. The highest BCUT2D eigenvalue weighted by molar-refractivity contribution is 5.94. The Morgan fingerprint density at radius 1 is 1.04 bits per heavy atom. The van der Waals surface area contributed by atoms with Gasteiger partial charge >= 0.3 is 12.1 Å². The molecule has 0 aliphatic rings. The summed E-state index contributed by atoms with van der Waals surface area (Å²) in [5.41, 5.74) is 0.354. The first-order valence-corrected chi connectivity index (χ1v) is 9.35. The Bertz CT molecular complexity index is 690. The maximum atomic E-state index is 12.3. The predicted octanol–water partition coefficient (Wildman–Crippen LogP) is 3.67. The summed E-state index contributed by atoms with van der Waals surface area (Å²) in [4.78, 5) is 36.3. The van der Waals surface area contributed by atoms with Gasteiger partial charge in [-0.15, -0.1) is 0 Å². The van der Waals surface area contributed by atoms with E-state index in [-0.39, 0.29) is 12.3 Å². The molecule has 156 valence electrons. The number of nitrogens with one attached hydrogen (secondary N) is 2. The summed E-state index contributed by atoms with van der Waals surface area (Å²) in [6, 6.07) is 6.24. The fraction of sp³-hybridized carbons (Fsp3) is 0.571. The molecule has 0 spiro atoms. The van der Waals surface area contributed by atoms with Gasteiger partial charge in [-0.2, -0.15) is 0 Å². The molecule has 1 atom stereocenters. The van der Waals surface area contributed by atoms with E-state index in [2.05, 4.69) is 10.6 Å². The van der Waals surface area contributed by atoms with E-state index in [1.165, 1.54) is 7.11 Å². The number of ether oxygens (including phenoxy) is 2. The number of hydrogen-bond donors (Lipinski definition) is 2. The molecule has 0 saturated heterocycles.